The van der Waals surface area contributed by atoms with Gasteiger partial charge in [0.2, 0.25) is 0 Å². The van der Waals surface area contributed by atoms with E-state index in [-0.39, 0.29) is 19.4 Å². The van der Waals surface area contributed by atoms with E-state index in [0.717, 1.165) is 11.1 Å². The monoisotopic (exact) mass is 315 g/mol. The SMILES string of the molecule is N#CC(CCF)CC(F)COc1ccc(-c2ccccc2)cc1. The van der Waals surface area contributed by atoms with E-state index in [0.29, 0.717) is 5.75 Å². The maximum absolute atomic E-state index is 13.8. The Morgan fingerprint density at radius 3 is 2.26 bits per heavy atom. The zero-order valence-corrected chi connectivity index (χ0v) is 12.8. The first-order valence-electron chi connectivity index (χ1n) is 7.61. The van der Waals surface area contributed by atoms with E-state index in [1.807, 2.05) is 48.5 Å². The lowest BCUT2D eigenvalue weighted by atomic mass is 10.0. The number of nitriles is 1. The van der Waals surface area contributed by atoms with Gasteiger partial charge in [0.05, 0.1) is 18.7 Å². The van der Waals surface area contributed by atoms with Crippen LogP contribution in [0.3, 0.4) is 0 Å². The van der Waals surface area contributed by atoms with E-state index in [2.05, 4.69) is 0 Å². The summed E-state index contributed by atoms with van der Waals surface area (Å²) < 4.78 is 31.4. The Bertz CT molecular complexity index is 622. The van der Waals surface area contributed by atoms with Crippen LogP contribution in [-0.4, -0.2) is 19.5 Å². The number of hydrogen-bond acceptors (Lipinski definition) is 2. The fourth-order valence-corrected chi connectivity index (χ4v) is 2.30. The summed E-state index contributed by atoms with van der Waals surface area (Å²) in [7, 11) is 0. The number of hydrogen-bond donors (Lipinski definition) is 0. The molecule has 2 nitrogen and oxygen atoms in total. The number of halogens is 2. The fraction of sp³-hybridized carbons (Fsp3) is 0.316. The molecule has 2 rings (SSSR count). The van der Waals surface area contributed by atoms with Crippen molar-refractivity contribution in [3.63, 3.8) is 0 Å². The zero-order valence-electron chi connectivity index (χ0n) is 12.8. The van der Waals surface area contributed by atoms with Gasteiger partial charge in [0.25, 0.3) is 0 Å². The predicted octanol–water partition coefficient (Wildman–Crippen LogP) is 4.96. The molecule has 0 aliphatic rings. The minimum Gasteiger partial charge on any atom is -0.491 e. The fourth-order valence-electron chi connectivity index (χ4n) is 2.30. The summed E-state index contributed by atoms with van der Waals surface area (Å²) >= 11 is 0. The van der Waals surface area contributed by atoms with Crippen molar-refractivity contribution >= 4 is 0 Å². The van der Waals surface area contributed by atoms with Gasteiger partial charge in [0.15, 0.2) is 0 Å². The molecule has 2 aromatic rings. The van der Waals surface area contributed by atoms with Crippen molar-refractivity contribution < 1.29 is 13.5 Å². The second-order valence-electron chi connectivity index (χ2n) is 5.34. The maximum Gasteiger partial charge on any atom is 0.135 e. The van der Waals surface area contributed by atoms with Gasteiger partial charge in [-0.1, -0.05) is 42.5 Å². The van der Waals surface area contributed by atoms with Crippen LogP contribution in [-0.2, 0) is 0 Å². The molecule has 4 heteroatoms. The first-order chi connectivity index (χ1) is 11.2. The number of rotatable bonds is 8. The Balaban J connectivity index is 1.86. The molecule has 0 heterocycles. The van der Waals surface area contributed by atoms with Crippen molar-refractivity contribution in [2.45, 2.75) is 19.0 Å². The van der Waals surface area contributed by atoms with Crippen molar-refractivity contribution in [3.05, 3.63) is 54.6 Å². The first-order valence-corrected chi connectivity index (χ1v) is 7.61. The number of benzene rings is 2. The zero-order chi connectivity index (χ0) is 16.5. The molecule has 0 saturated carbocycles. The molecule has 2 unspecified atom stereocenters. The average Bonchev–Trinajstić information content (AvgIpc) is 2.61. The third-order valence-corrected chi connectivity index (χ3v) is 3.57. The lowest BCUT2D eigenvalue weighted by molar-refractivity contribution is 0.173. The summed E-state index contributed by atoms with van der Waals surface area (Å²) in [6.45, 7) is -0.734. The Morgan fingerprint density at radius 2 is 1.65 bits per heavy atom. The topological polar surface area (TPSA) is 33.0 Å². The smallest absolute Gasteiger partial charge is 0.135 e. The van der Waals surface area contributed by atoms with Gasteiger partial charge in [-0.05, 0) is 36.1 Å². The maximum atomic E-state index is 13.8. The van der Waals surface area contributed by atoms with Crippen LogP contribution in [0.15, 0.2) is 54.6 Å². The van der Waals surface area contributed by atoms with Gasteiger partial charge < -0.3 is 4.74 Å². The van der Waals surface area contributed by atoms with Gasteiger partial charge in [-0.3, -0.25) is 4.39 Å². The van der Waals surface area contributed by atoms with Gasteiger partial charge >= 0.3 is 0 Å². The van der Waals surface area contributed by atoms with Gasteiger partial charge in [-0.25, -0.2) is 4.39 Å². The highest BCUT2D eigenvalue weighted by molar-refractivity contribution is 5.63. The minimum atomic E-state index is -1.28. The molecule has 0 fully saturated rings. The highest BCUT2D eigenvalue weighted by Gasteiger charge is 2.16. The third kappa shape index (κ3) is 5.37. The largest absolute Gasteiger partial charge is 0.491 e. The third-order valence-electron chi connectivity index (χ3n) is 3.57. The van der Waals surface area contributed by atoms with Crippen LogP contribution in [0.1, 0.15) is 12.8 Å². The Kier molecular flexibility index (Phi) is 6.56. The van der Waals surface area contributed by atoms with E-state index in [1.54, 1.807) is 12.1 Å². The first kappa shape index (κ1) is 17.0. The van der Waals surface area contributed by atoms with Gasteiger partial charge in [0.1, 0.15) is 18.5 Å². The Labute approximate surface area is 135 Å². The molecule has 0 radical (unpaired) electrons. The number of alkyl halides is 2. The van der Waals surface area contributed by atoms with Crippen molar-refractivity contribution in [1.82, 2.24) is 0 Å². The molecule has 0 aliphatic carbocycles. The summed E-state index contributed by atoms with van der Waals surface area (Å²) in [5.74, 6) is -0.0228. The summed E-state index contributed by atoms with van der Waals surface area (Å²) in [5, 5.41) is 8.81. The molecule has 120 valence electrons. The van der Waals surface area contributed by atoms with Gasteiger partial charge in [-0.2, -0.15) is 5.26 Å². The summed E-state index contributed by atoms with van der Waals surface area (Å²) in [6, 6.07) is 19.3. The molecule has 0 N–H and O–H groups in total. The molecule has 2 aromatic carbocycles. The van der Waals surface area contributed by atoms with Crippen LogP contribution in [0.25, 0.3) is 11.1 Å². The van der Waals surface area contributed by atoms with E-state index in [4.69, 9.17) is 10.00 Å². The van der Waals surface area contributed by atoms with Crippen LogP contribution in [0.5, 0.6) is 5.75 Å². The lowest BCUT2D eigenvalue weighted by Crippen LogP contribution is -2.17. The molecule has 0 bridgehead atoms. The molecule has 0 saturated heterocycles. The Morgan fingerprint density at radius 1 is 1.00 bits per heavy atom. The predicted molar refractivity (Wildman–Crippen MR) is 86.6 cm³/mol. The minimum absolute atomic E-state index is 0.00250. The van der Waals surface area contributed by atoms with E-state index in [1.165, 1.54) is 0 Å². The summed E-state index contributed by atoms with van der Waals surface area (Å²) in [4.78, 5) is 0. The van der Waals surface area contributed by atoms with Crippen LogP contribution in [0, 0.1) is 17.2 Å². The van der Waals surface area contributed by atoms with Crippen molar-refractivity contribution in [3.8, 4) is 22.9 Å². The second kappa shape index (κ2) is 8.89. The average molecular weight is 315 g/mol. The van der Waals surface area contributed by atoms with Crippen LogP contribution >= 0.6 is 0 Å². The highest BCUT2D eigenvalue weighted by Crippen LogP contribution is 2.22. The lowest BCUT2D eigenvalue weighted by Gasteiger charge is -2.13. The van der Waals surface area contributed by atoms with Crippen molar-refractivity contribution in [1.29, 1.82) is 5.26 Å². The molecule has 0 amide bonds. The Hall–Kier alpha value is -2.41. The molecule has 23 heavy (non-hydrogen) atoms. The van der Waals surface area contributed by atoms with E-state index < -0.39 is 18.8 Å². The second-order valence-corrected chi connectivity index (χ2v) is 5.34. The van der Waals surface area contributed by atoms with Gasteiger partial charge in [-0.15, -0.1) is 0 Å². The molecule has 0 aliphatic heterocycles. The van der Waals surface area contributed by atoms with Crippen molar-refractivity contribution in [2.75, 3.05) is 13.3 Å². The standard InChI is InChI=1S/C19H19F2NO/c20-11-10-15(13-22)12-18(21)14-23-19-8-6-17(7-9-19)16-4-2-1-3-5-16/h1-9,15,18H,10-12,14H2. The molecule has 2 atom stereocenters. The van der Waals surface area contributed by atoms with Crippen LogP contribution < -0.4 is 4.74 Å². The van der Waals surface area contributed by atoms with Crippen LogP contribution in [0.4, 0.5) is 8.78 Å². The molecule has 0 aromatic heterocycles. The van der Waals surface area contributed by atoms with E-state index in [9.17, 15) is 8.78 Å². The van der Waals surface area contributed by atoms with Crippen molar-refractivity contribution in [2.24, 2.45) is 5.92 Å². The quantitative estimate of drug-likeness (QED) is 0.690. The van der Waals surface area contributed by atoms with E-state index >= 15 is 0 Å². The molecular formula is C19H19F2NO. The number of ether oxygens (including phenoxy) is 1. The highest BCUT2D eigenvalue weighted by atomic mass is 19.1. The van der Waals surface area contributed by atoms with Gasteiger partial charge in [0, 0.05) is 0 Å². The number of nitrogens with zero attached hydrogens (tertiary/aromatic N) is 1. The van der Waals surface area contributed by atoms with Crippen LogP contribution in [0.2, 0.25) is 0 Å². The molecular weight excluding hydrogens is 296 g/mol. The normalized spacial score (nSPS) is 13.1. The molecule has 0 spiro atoms. The summed E-state index contributed by atoms with van der Waals surface area (Å²) in [5.41, 5.74) is 2.16. The summed E-state index contributed by atoms with van der Waals surface area (Å²) in [6.07, 6.45) is -1.20.